The number of nitrogens with one attached hydrogen (secondary N) is 1. The smallest absolute Gasteiger partial charge is 0.255 e. The van der Waals surface area contributed by atoms with E-state index in [2.05, 4.69) is 20.3 Å². The minimum Gasteiger partial charge on any atom is -0.294 e. The topological polar surface area (TPSA) is 70.5 Å². The second kappa shape index (κ2) is 5.51. The Hall–Kier alpha value is -2.83. The maximum absolute atomic E-state index is 13.0. The molecule has 0 saturated heterocycles. The number of aryl methyl sites for hydroxylation is 2. The Kier molecular flexibility index (Phi) is 3.54. The van der Waals surface area contributed by atoms with Crippen molar-refractivity contribution in [2.45, 2.75) is 13.8 Å². The number of aliphatic imine (C=N–C) groups is 1. The van der Waals surface area contributed by atoms with Crippen molar-refractivity contribution in [2.75, 3.05) is 16.8 Å². The molecule has 0 unspecified atom stereocenters. The maximum Gasteiger partial charge on any atom is 0.255 e. The van der Waals surface area contributed by atoms with Gasteiger partial charge in [-0.1, -0.05) is 0 Å². The van der Waals surface area contributed by atoms with E-state index in [4.69, 9.17) is 0 Å². The number of benzene rings is 1. The first-order valence-electron chi connectivity index (χ1n) is 6.75. The van der Waals surface area contributed by atoms with Crippen molar-refractivity contribution >= 4 is 23.5 Å². The Morgan fingerprint density at radius 1 is 1.14 bits per heavy atom. The third kappa shape index (κ3) is 2.78. The quantitative estimate of drug-likeness (QED) is 0.921. The number of halogens is 1. The summed E-state index contributed by atoms with van der Waals surface area (Å²) < 4.78 is 13.0. The number of aromatic nitrogens is 2. The predicted molar refractivity (Wildman–Crippen MR) is 81.3 cm³/mol. The first-order chi connectivity index (χ1) is 10.5. The summed E-state index contributed by atoms with van der Waals surface area (Å²) in [5.74, 6) is 0.151. The number of hydrogen-bond donors (Lipinski definition) is 1. The van der Waals surface area contributed by atoms with Crippen molar-refractivity contribution in [2.24, 2.45) is 4.99 Å². The van der Waals surface area contributed by atoms with Crippen LogP contribution in [0.1, 0.15) is 11.4 Å². The van der Waals surface area contributed by atoms with Gasteiger partial charge in [0.1, 0.15) is 12.4 Å². The summed E-state index contributed by atoms with van der Waals surface area (Å²) in [7, 11) is 0. The van der Waals surface area contributed by atoms with Crippen LogP contribution in [0, 0.1) is 19.7 Å². The van der Waals surface area contributed by atoms with Crippen LogP contribution in [0.15, 0.2) is 35.3 Å². The molecule has 0 saturated carbocycles. The molecular weight excluding hydrogens is 285 g/mol. The molecule has 1 N–H and O–H groups in total. The molecule has 0 spiro atoms. The van der Waals surface area contributed by atoms with Gasteiger partial charge in [0.2, 0.25) is 11.9 Å². The maximum atomic E-state index is 13.0. The summed E-state index contributed by atoms with van der Waals surface area (Å²) in [5.41, 5.74) is 2.17. The Balaban J connectivity index is 1.89. The van der Waals surface area contributed by atoms with E-state index < -0.39 is 0 Å². The van der Waals surface area contributed by atoms with Crippen molar-refractivity contribution < 1.29 is 9.18 Å². The van der Waals surface area contributed by atoms with Gasteiger partial charge in [-0.2, -0.15) is 0 Å². The molecular formula is C15H14FN5O. The normalized spacial score (nSPS) is 14.2. The Bertz CT molecular complexity index is 737. The van der Waals surface area contributed by atoms with Crippen LogP contribution < -0.4 is 10.2 Å². The molecule has 1 aliphatic heterocycles. The lowest BCUT2D eigenvalue weighted by Crippen LogP contribution is -2.37. The molecule has 1 aromatic heterocycles. The Morgan fingerprint density at radius 3 is 2.41 bits per heavy atom. The zero-order valence-electron chi connectivity index (χ0n) is 12.2. The van der Waals surface area contributed by atoms with Gasteiger partial charge in [-0.3, -0.25) is 10.1 Å². The van der Waals surface area contributed by atoms with Crippen molar-refractivity contribution in [3.05, 3.63) is 47.5 Å². The highest BCUT2D eigenvalue weighted by Crippen LogP contribution is 2.19. The van der Waals surface area contributed by atoms with Crippen molar-refractivity contribution in [3.8, 4) is 0 Å². The zero-order chi connectivity index (χ0) is 15.7. The van der Waals surface area contributed by atoms with Gasteiger partial charge in [0.25, 0.3) is 5.91 Å². The number of nitrogens with zero attached hydrogens (tertiary/aromatic N) is 4. The van der Waals surface area contributed by atoms with Crippen LogP contribution in [0.3, 0.4) is 0 Å². The lowest BCUT2D eigenvalue weighted by molar-refractivity contribution is -0.115. The molecule has 1 aliphatic rings. The monoisotopic (exact) mass is 299 g/mol. The largest absolute Gasteiger partial charge is 0.294 e. The third-order valence-electron chi connectivity index (χ3n) is 3.12. The van der Waals surface area contributed by atoms with E-state index in [9.17, 15) is 9.18 Å². The van der Waals surface area contributed by atoms with E-state index in [1.165, 1.54) is 29.2 Å². The number of guanidine groups is 1. The van der Waals surface area contributed by atoms with Gasteiger partial charge in [0.05, 0.1) is 5.69 Å². The molecule has 0 fully saturated rings. The summed E-state index contributed by atoms with van der Waals surface area (Å²) in [6, 6.07) is 7.50. The van der Waals surface area contributed by atoms with Gasteiger partial charge in [-0.15, -0.1) is 0 Å². The molecule has 112 valence electrons. The second-order valence-electron chi connectivity index (χ2n) is 4.94. The minimum atomic E-state index is -0.362. The molecule has 6 nitrogen and oxygen atoms in total. The van der Waals surface area contributed by atoms with Gasteiger partial charge in [-0.25, -0.2) is 24.3 Å². The van der Waals surface area contributed by atoms with Crippen LogP contribution >= 0.6 is 0 Å². The van der Waals surface area contributed by atoms with Crippen molar-refractivity contribution in [1.82, 2.24) is 9.97 Å². The lowest BCUT2D eigenvalue weighted by Gasteiger charge is -2.19. The highest BCUT2D eigenvalue weighted by Gasteiger charge is 2.27. The van der Waals surface area contributed by atoms with E-state index in [-0.39, 0.29) is 18.3 Å². The van der Waals surface area contributed by atoms with Crippen LogP contribution in [0.5, 0.6) is 0 Å². The average Bonchev–Trinajstić information content (AvgIpc) is 2.80. The molecule has 2 aromatic rings. The van der Waals surface area contributed by atoms with E-state index >= 15 is 0 Å². The average molecular weight is 299 g/mol. The highest BCUT2D eigenvalue weighted by molar-refractivity contribution is 6.24. The molecule has 2 heterocycles. The lowest BCUT2D eigenvalue weighted by atomic mass is 10.3. The first kappa shape index (κ1) is 14.1. The number of carbonyl (C=O) groups is 1. The molecule has 1 amide bonds. The molecule has 3 rings (SSSR count). The summed E-state index contributed by atoms with van der Waals surface area (Å²) in [4.78, 5) is 26.1. The summed E-state index contributed by atoms with van der Waals surface area (Å²) >= 11 is 0. The molecule has 22 heavy (non-hydrogen) atoms. The standard InChI is InChI=1S/C15H14FN5O/c1-9-7-10(2)19-14(18-9)20-15-17-8-13(22)21(15)12-5-3-11(16)4-6-12/h3-7H,8H2,1-2H3,(H,17,18,19,20). The number of carbonyl (C=O) groups excluding carboxylic acids is 1. The summed E-state index contributed by atoms with van der Waals surface area (Å²) in [6.45, 7) is 3.75. The van der Waals surface area contributed by atoms with Crippen molar-refractivity contribution in [1.29, 1.82) is 0 Å². The van der Waals surface area contributed by atoms with Crippen LogP contribution in [0.2, 0.25) is 0 Å². The second-order valence-corrected chi connectivity index (χ2v) is 4.94. The van der Waals surface area contributed by atoms with E-state index in [1.54, 1.807) is 0 Å². The molecule has 0 aliphatic carbocycles. The van der Waals surface area contributed by atoms with Gasteiger partial charge in [0.15, 0.2) is 0 Å². The highest BCUT2D eigenvalue weighted by atomic mass is 19.1. The van der Waals surface area contributed by atoms with Crippen molar-refractivity contribution in [3.63, 3.8) is 0 Å². The minimum absolute atomic E-state index is 0.0322. The number of hydrogen-bond acceptors (Lipinski definition) is 5. The number of anilines is 2. The summed E-state index contributed by atoms with van der Waals surface area (Å²) in [5, 5.41) is 2.96. The number of rotatable bonds is 2. The third-order valence-corrected chi connectivity index (χ3v) is 3.12. The van der Waals surface area contributed by atoms with Crippen LogP contribution in [-0.4, -0.2) is 28.4 Å². The molecule has 7 heteroatoms. The fourth-order valence-corrected chi connectivity index (χ4v) is 2.24. The Labute approximate surface area is 126 Å². The molecule has 0 atom stereocenters. The predicted octanol–water partition coefficient (Wildman–Crippen LogP) is 2.05. The van der Waals surface area contributed by atoms with Crippen LogP contribution in [-0.2, 0) is 4.79 Å². The molecule has 0 bridgehead atoms. The summed E-state index contributed by atoms with van der Waals surface area (Å²) in [6.07, 6.45) is 0. The fourth-order valence-electron chi connectivity index (χ4n) is 2.24. The van der Waals surface area contributed by atoms with E-state index in [0.29, 0.717) is 17.6 Å². The van der Waals surface area contributed by atoms with Gasteiger partial charge >= 0.3 is 0 Å². The van der Waals surface area contributed by atoms with Crippen LogP contribution in [0.25, 0.3) is 0 Å². The molecule has 1 aromatic carbocycles. The number of amides is 1. The SMILES string of the molecule is Cc1cc(C)nc(NC2=NCC(=O)N2c2ccc(F)cc2)n1. The fraction of sp³-hybridized carbons (Fsp3) is 0.200. The van der Waals surface area contributed by atoms with Crippen LogP contribution in [0.4, 0.5) is 16.0 Å². The van der Waals surface area contributed by atoms with E-state index in [1.807, 2.05) is 19.9 Å². The zero-order valence-corrected chi connectivity index (χ0v) is 12.2. The first-order valence-corrected chi connectivity index (χ1v) is 6.75. The molecule has 0 radical (unpaired) electrons. The Morgan fingerprint density at radius 2 is 1.77 bits per heavy atom. The van der Waals surface area contributed by atoms with Gasteiger partial charge in [-0.05, 0) is 44.2 Å². The van der Waals surface area contributed by atoms with E-state index in [0.717, 1.165) is 11.4 Å². The van der Waals surface area contributed by atoms with Gasteiger partial charge < -0.3 is 0 Å². The van der Waals surface area contributed by atoms with Gasteiger partial charge in [0, 0.05) is 11.4 Å².